The van der Waals surface area contributed by atoms with E-state index in [0.717, 1.165) is 43.9 Å². The molecule has 0 unspecified atom stereocenters. The summed E-state index contributed by atoms with van der Waals surface area (Å²) >= 11 is 0. The lowest BCUT2D eigenvalue weighted by molar-refractivity contribution is 0.481. The van der Waals surface area contributed by atoms with Crippen molar-refractivity contribution in [3.63, 3.8) is 0 Å². The Kier molecular flexibility index (Phi) is 9.50. The van der Waals surface area contributed by atoms with Crippen LogP contribution in [0.25, 0.3) is 0 Å². The summed E-state index contributed by atoms with van der Waals surface area (Å²) in [5.41, 5.74) is 1.26. The summed E-state index contributed by atoms with van der Waals surface area (Å²) in [5.74, 6) is 2.97. The molecule has 0 radical (unpaired) electrons. The van der Waals surface area contributed by atoms with E-state index < -0.39 is 0 Å². The molecule has 2 N–H and O–H groups in total. The maximum atomic E-state index is 4.52. The molecule has 2 aliphatic rings. The lowest BCUT2D eigenvalue weighted by Crippen LogP contribution is -2.37. The van der Waals surface area contributed by atoms with Crippen LogP contribution in [0.4, 0.5) is 5.82 Å². The highest BCUT2D eigenvalue weighted by molar-refractivity contribution is 14.0. The van der Waals surface area contributed by atoms with E-state index >= 15 is 0 Å². The molecular weight excluding hydrogens is 437 g/mol. The van der Waals surface area contributed by atoms with E-state index in [2.05, 4.69) is 37.6 Å². The van der Waals surface area contributed by atoms with Gasteiger partial charge in [-0.1, -0.05) is 25.7 Å². The topological polar surface area (TPSA) is 52.6 Å². The van der Waals surface area contributed by atoms with Gasteiger partial charge < -0.3 is 15.5 Å². The predicted molar refractivity (Wildman–Crippen MR) is 120 cm³/mol. The van der Waals surface area contributed by atoms with Crippen molar-refractivity contribution >= 4 is 35.8 Å². The van der Waals surface area contributed by atoms with E-state index in [1.54, 1.807) is 0 Å². The number of nitrogens with zero attached hydrogens (tertiary/aromatic N) is 3. The van der Waals surface area contributed by atoms with Crippen LogP contribution >= 0.6 is 24.0 Å². The number of pyridine rings is 1. The first-order chi connectivity index (χ1) is 12.3. The molecule has 0 spiro atoms. The summed E-state index contributed by atoms with van der Waals surface area (Å²) in [7, 11) is 1.84. The Hall–Kier alpha value is -1.05. The molecule has 26 heavy (non-hydrogen) atoms. The molecule has 146 valence electrons. The zero-order chi connectivity index (χ0) is 17.3. The van der Waals surface area contributed by atoms with Crippen molar-refractivity contribution in [2.45, 2.75) is 57.9 Å². The number of aliphatic imine (C=N–C) groups is 1. The van der Waals surface area contributed by atoms with Crippen molar-refractivity contribution in [3.05, 3.63) is 23.9 Å². The lowest BCUT2D eigenvalue weighted by Gasteiger charge is -2.17. The van der Waals surface area contributed by atoms with Gasteiger partial charge in [-0.25, -0.2) is 4.98 Å². The minimum Gasteiger partial charge on any atom is -0.357 e. The first-order valence-corrected chi connectivity index (χ1v) is 9.99. The van der Waals surface area contributed by atoms with Crippen LogP contribution in [0.5, 0.6) is 0 Å². The zero-order valence-electron chi connectivity index (χ0n) is 16.0. The first kappa shape index (κ1) is 21.3. The van der Waals surface area contributed by atoms with Crippen LogP contribution in [0, 0.1) is 5.92 Å². The minimum atomic E-state index is 0. The summed E-state index contributed by atoms with van der Waals surface area (Å²) < 4.78 is 0. The molecule has 1 saturated carbocycles. The Bertz CT molecular complexity index is 551. The number of halogens is 1. The van der Waals surface area contributed by atoms with Gasteiger partial charge in [0.05, 0.1) is 0 Å². The fraction of sp³-hybridized carbons (Fsp3) is 0.700. The van der Waals surface area contributed by atoms with Crippen LogP contribution in [0.2, 0.25) is 0 Å². The minimum absolute atomic E-state index is 0. The van der Waals surface area contributed by atoms with Crippen molar-refractivity contribution in [2.75, 3.05) is 31.6 Å². The number of anilines is 1. The van der Waals surface area contributed by atoms with Gasteiger partial charge in [-0.15, -0.1) is 24.0 Å². The Balaban J connectivity index is 0.00000243. The SMILES string of the molecule is CN=C(NCCCC1CCCC1)NCc1ccnc(N2CCCC2)c1.I. The average molecular weight is 471 g/mol. The van der Waals surface area contributed by atoms with Gasteiger partial charge in [-0.2, -0.15) is 0 Å². The molecule has 0 aromatic carbocycles. The fourth-order valence-corrected chi connectivity index (χ4v) is 3.99. The van der Waals surface area contributed by atoms with Crippen LogP contribution in [0.15, 0.2) is 23.3 Å². The molecule has 2 heterocycles. The van der Waals surface area contributed by atoms with E-state index in [-0.39, 0.29) is 24.0 Å². The third-order valence-electron chi connectivity index (χ3n) is 5.48. The van der Waals surface area contributed by atoms with Crippen molar-refractivity contribution in [1.82, 2.24) is 15.6 Å². The van der Waals surface area contributed by atoms with E-state index in [0.29, 0.717) is 0 Å². The van der Waals surface area contributed by atoms with Gasteiger partial charge in [0.15, 0.2) is 5.96 Å². The van der Waals surface area contributed by atoms with E-state index in [1.807, 2.05) is 13.2 Å². The number of hydrogen-bond donors (Lipinski definition) is 2. The van der Waals surface area contributed by atoms with Crippen LogP contribution < -0.4 is 15.5 Å². The van der Waals surface area contributed by atoms with Gasteiger partial charge in [-0.05, 0) is 49.3 Å². The second-order valence-electron chi connectivity index (χ2n) is 7.36. The Morgan fingerprint density at radius 2 is 1.96 bits per heavy atom. The van der Waals surface area contributed by atoms with E-state index in [1.165, 1.54) is 56.9 Å². The quantitative estimate of drug-likeness (QED) is 0.274. The molecular formula is C20H34IN5. The average Bonchev–Trinajstić information content (AvgIpc) is 3.35. The third kappa shape index (κ3) is 6.59. The molecule has 5 nitrogen and oxygen atoms in total. The fourth-order valence-electron chi connectivity index (χ4n) is 3.99. The van der Waals surface area contributed by atoms with Gasteiger partial charge in [0.2, 0.25) is 0 Å². The predicted octanol–water partition coefficient (Wildman–Crippen LogP) is 3.94. The Morgan fingerprint density at radius 3 is 2.69 bits per heavy atom. The highest BCUT2D eigenvalue weighted by Gasteiger charge is 2.14. The molecule has 0 amide bonds. The first-order valence-electron chi connectivity index (χ1n) is 9.99. The summed E-state index contributed by atoms with van der Waals surface area (Å²) in [6, 6.07) is 4.28. The highest BCUT2D eigenvalue weighted by atomic mass is 127. The Labute approximate surface area is 175 Å². The van der Waals surface area contributed by atoms with Gasteiger partial charge in [0, 0.05) is 39.4 Å². The number of guanidine groups is 1. The van der Waals surface area contributed by atoms with Crippen LogP contribution in [0.3, 0.4) is 0 Å². The second-order valence-corrected chi connectivity index (χ2v) is 7.36. The third-order valence-corrected chi connectivity index (χ3v) is 5.48. The maximum absolute atomic E-state index is 4.52. The molecule has 6 heteroatoms. The monoisotopic (exact) mass is 471 g/mol. The molecule has 1 aromatic heterocycles. The van der Waals surface area contributed by atoms with Crippen molar-refractivity contribution in [1.29, 1.82) is 0 Å². The zero-order valence-corrected chi connectivity index (χ0v) is 18.4. The van der Waals surface area contributed by atoms with Crippen LogP contribution in [-0.4, -0.2) is 37.6 Å². The highest BCUT2D eigenvalue weighted by Crippen LogP contribution is 2.28. The van der Waals surface area contributed by atoms with E-state index in [9.17, 15) is 0 Å². The molecule has 1 saturated heterocycles. The maximum Gasteiger partial charge on any atom is 0.191 e. The molecule has 0 atom stereocenters. The van der Waals surface area contributed by atoms with Gasteiger partial charge in [0.1, 0.15) is 5.82 Å². The van der Waals surface area contributed by atoms with Crippen LogP contribution in [0.1, 0.15) is 56.9 Å². The molecule has 1 aliphatic carbocycles. The number of nitrogens with one attached hydrogen (secondary N) is 2. The molecule has 0 bridgehead atoms. The number of hydrogen-bond acceptors (Lipinski definition) is 3. The number of aromatic nitrogens is 1. The normalized spacial score (nSPS) is 18.0. The van der Waals surface area contributed by atoms with Crippen molar-refractivity contribution in [3.8, 4) is 0 Å². The van der Waals surface area contributed by atoms with Gasteiger partial charge in [-0.3, -0.25) is 4.99 Å². The van der Waals surface area contributed by atoms with Gasteiger partial charge >= 0.3 is 0 Å². The lowest BCUT2D eigenvalue weighted by atomic mass is 10.0. The van der Waals surface area contributed by atoms with Crippen molar-refractivity contribution < 1.29 is 0 Å². The molecule has 3 rings (SSSR count). The summed E-state index contributed by atoms with van der Waals surface area (Å²) in [6.07, 6.45) is 12.8. The second kappa shape index (κ2) is 11.6. The van der Waals surface area contributed by atoms with Gasteiger partial charge in [0.25, 0.3) is 0 Å². The molecule has 2 fully saturated rings. The summed E-state index contributed by atoms with van der Waals surface area (Å²) in [6.45, 7) is 4.05. The Morgan fingerprint density at radius 1 is 1.19 bits per heavy atom. The summed E-state index contributed by atoms with van der Waals surface area (Å²) in [4.78, 5) is 11.2. The summed E-state index contributed by atoms with van der Waals surface area (Å²) in [5, 5.41) is 6.87. The number of rotatable bonds is 7. The van der Waals surface area contributed by atoms with E-state index in [4.69, 9.17) is 0 Å². The smallest absolute Gasteiger partial charge is 0.191 e. The van der Waals surface area contributed by atoms with Crippen molar-refractivity contribution in [2.24, 2.45) is 10.9 Å². The molecule has 1 aromatic rings. The molecule has 1 aliphatic heterocycles. The largest absolute Gasteiger partial charge is 0.357 e. The van der Waals surface area contributed by atoms with Crippen LogP contribution in [-0.2, 0) is 6.54 Å². The standard InChI is InChI=1S/C20H33N5.HI/c1-21-20(23-11-6-9-17-7-2-3-8-17)24-16-18-10-12-22-19(15-18)25-13-4-5-14-25;/h10,12,15,17H,2-9,11,13-14,16H2,1H3,(H2,21,23,24);1H.